The highest BCUT2D eigenvalue weighted by Crippen LogP contribution is 2.25. The van der Waals surface area contributed by atoms with Crippen LogP contribution in [0.3, 0.4) is 0 Å². The monoisotopic (exact) mass is 406 g/mol. The molecule has 4 aromatic rings. The zero-order chi connectivity index (χ0) is 19.3. The molecule has 0 aliphatic heterocycles. The van der Waals surface area contributed by atoms with Crippen LogP contribution in [0.1, 0.15) is 17.0 Å². The van der Waals surface area contributed by atoms with Gasteiger partial charge in [-0.15, -0.1) is 12.4 Å². The van der Waals surface area contributed by atoms with Crippen molar-refractivity contribution in [3.63, 3.8) is 0 Å². The quantitative estimate of drug-likeness (QED) is 0.416. The van der Waals surface area contributed by atoms with Crippen LogP contribution in [0.4, 0.5) is 0 Å². The Morgan fingerprint density at radius 1 is 1.00 bits per heavy atom. The van der Waals surface area contributed by atoms with Gasteiger partial charge in [0.1, 0.15) is 17.3 Å². The number of aliphatic carboxylic acids is 1. The summed E-state index contributed by atoms with van der Waals surface area (Å²) in [5.41, 5.74) is 3.74. The summed E-state index contributed by atoms with van der Waals surface area (Å²) in [4.78, 5) is 18.6. The molecule has 6 heteroatoms. The average Bonchev–Trinajstić information content (AvgIpc) is 3.10. The third kappa shape index (κ3) is 5.24. The molecule has 1 aromatic heterocycles. The topological polar surface area (TPSA) is 75.2 Å². The number of carboxylic acids is 1. The van der Waals surface area contributed by atoms with Crippen molar-refractivity contribution in [2.45, 2.75) is 6.42 Å². The number of rotatable bonds is 6. The molecule has 146 valence electrons. The minimum Gasteiger partial charge on any atom is -0.478 e. The largest absolute Gasteiger partial charge is 0.478 e. The number of carbonyl (C=O) groups is 1. The Bertz CT molecular complexity index is 1140. The van der Waals surface area contributed by atoms with Crippen LogP contribution in [0, 0.1) is 0 Å². The van der Waals surface area contributed by atoms with Crippen molar-refractivity contribution in [2.24, 2.45) is 0 Å². The average molecular weight is 407 g/mol. The first-order chi connectivity index (χ1) is 13.7. The molecule has 2 N–H and O–H groups in total. The number of hydrogen-bond acceptors (Lipinski definition) is 3. The fraction of sp³-hybridized carbons (Fsp3) is 0.0435. The van der Waals surface area contributed by atoms with Crippen LogP contribution in [-0.2, 0) is 11.2 Å². The number of H-pyrrole nitrogens is 1. The number of nitrogens with zero attached hydrogens (tertiary/aromatic N) is 1. The van der Waals surface area contributed by atoms with Crippen LogP contribution in [0.5, 0.6) is 11.5 Å². The molecule has 0 spiro atoms. The third-order valence-corrected chi connectivity index (χ3v) is 4.25. The third-order valence-electron chi connectivity index (χ3n) is 4.25. The summed E-state index contributed by atoms with van der Waals surface area (Å²) in [5.74, 6) is 1.45. The number of benzene rings is 3. The number of nitrogens with one attached hydrogen (secondary N) is 1. The van der Waals surface area contributed by atoms with E-state index < -0.39 is 5.97 Å². The molecule has 0 atom stereocenters. The fourth-order valence-corrected chi connectivity index (χ4v) is 2.92. The summed E-state index contributed by atoms with van der Waals surface area (Å²) in [6, 6.07) is 23.2. The maximum Gasteiger partial charge on any atom is 0.328 e. The smallest absolute Gasteiger partial charge is 0.328 e. The molecule has 1 heterocycles. The second-order valence-electron chi connectivity index (χ2n) is 6.37. The van der Waals surface area contributed by atoms with Gasteiger partial charge in [0.15, 0.2) is 0 Å². The molecular formula is C23H19ClN2O3. The van der Waals surface area contributed by atoms with Crippen LogP contribution in [0.2, 0.25) is 0 Å². The van der Waals surface area contributed by atoms with E-state index in [-0.39, 0.29) is 12.4 Å². The summed E-state index contributed by atoms with van der Waals surface area (Å²) in [6.07, 6.45) is 3.36. The maximum atomic E-state index is 10.6. The van der Waals surface area contributed by atoms with Gasteiger partial charge < -0.3 is 14.8 Å². The molecule has 0 bridgehead atoms. The number of hydrogen-bond donors (Lipinski definition) is 2. The van der Waals surface area contributed by atoms with Gasteiger partial charge in [0.25, 0.3) is 0 Å². The molecular weight excluding hydrogens is 388 g/mol. The highest BCUT2D eigenvalue weighted by atomic mass is 35.5. The number of aromatic amines is 1. The number of para-hydroxylation sites is 1. The van der Waals surface area contributed by atoms with Crippen LogP contribution < -0.4 is 4.74 Å². The Morgan fingerprint density at radius 2 is 1.76 bits per heavy atom. The van der Waals surface area contributed by atoms with Crippen LogP contribution in [-0.4, -0.2) is 21.0 Å². The lowest BCUT2D eigenvalue weighted by molar-refractivity contribution is -0.131. The lowest BCUT2D eigenvalue weighted by Gasteiger charge is -2.04. The Kier molecular flexibility index (Phi) is 6.32. The molecule has 0 saturated heterocycles. The van der Waals surface area contributed by atoms with E-state index in [9.17, 15) is 4.79 Å². The fourth-order valence-electron chi connectivity index (χ4n) is 2.92. The number of aromatic nitrogens is 2. The van der Waals surface area contributed by atoms with Gasteiger partial charge in [-0.05, 0) is 41.5 Å². The summed E-state index contributed by atoms with van der Waals surface area (Å²) in [5, 5.41) is 8.69. The molecule has 0 aliphatic carbocycles. The number of carboxylic acid groups (broad SMARTS) is 1. The van der Waals surface area contributed by atoms with Crippen molar-refractivity contribution in [1.82, 2.24) is 9.97 Å². The van der Waals surface area contributed by atoms with E-state index in [1.165, 1.54) is 0 Å². The Morgan fingerprint density at radius 3 is 2.48 bits per heavy atom. The lowest BCUT2D eigenvalue weighted by atomic mass is 10.1. The molecule has 0 aliphatic rings. The molecule has 0 fully saturated rings. The van der Waals surface area contributed by atoms with E-state index in [1.807, 2.05) is 72.8 Å². The highest BCUT2D eigenvalue weighted by molar-refractivity contribution is 5.85. The van der Waals surface area contributed by atoms with Gasteiger partial charge in [0.2, 0.25) is 0 Å². The minimum absolute atomic E-state index is 0. The van der Waals surface area contributed by atoms with E-state index in [2.05, 4.69) is 9.97 Å². The van der Waals surface area contributed by atoms with Crippen LogP contribution >= 0.6 is 12.4 Å². The van der Waals surface area contributed by atoms with E-state index in [0.717, 1.165) is 45.6 Å². The number of ether oxygens (including phenoxy) is 1. The van der Waals surface area contributed by atoms with Gasteiger partial charge in [0.05, 0.1) is 11.0 Å². The first-order valence-corrected chi connectivity index (χ1v) is 8.87. The van der Waals surface area contributed by atoms with Gasteiger partial charge in [0, 0.05) is 18.6 Å². The van der Waals surface area contributed by atoms with Gasteiger partial charge in [-0.1, -0.05) is 42.5 Å². The maximum absolute atomic E-state index is 10.6. The van der Waals surface area contributed by atoms with Crippen molar-refractivity contribution >= 4 is 35.5 Å². The predicted octanol–water partition coefficient (Wildman–Crippen LogP) is 5.47. The number of fused-ring (bicyclic) bond motifs is 1. The lowest BCUT2D eigenvalue weighted by Crippen LogP contribution is -1.91. The summed E-state index contributed by atoms with van der Waals surface area (Å²) in [6.45, 7) is 0. The normalized spacial score (nSPS) is 10.8. The van der Waals surface area contributed by atoms with Gasteiger partial charge in [-0.2, -0.15) is 0 Å². The molecule has 29 heavy (non-hydrogen) atoms. The van der Waals surface area contributed by atoms with Crippen molar-refractivity contribution in [3.8, 4) is 11.5 Å². The standard InChI is InChI=1S/C23H18N2O3.ClH/c26-23(27)13-10-16-6-8-17(9-7-16)14-22-24-20-12-11-19(15-21(20)25-22)28-18-4-2-1-3-5-18;/h1-13,15H,14H2,(H,24,25)(H,26,27);1H/b13-10+;. The van der Waals surface area contributed by atoms with Crippen molar-refractivity contribution in [3.05, 3.63) is 95.8 Å². The SMILES string of the molecule is Cl.O=C(O)/C=C/c1ccc(Cc2nc3ccc(Oc4ccccc4)cc3[nH]2)cc1. The zero-order valence-electron chi connectivity index (χ0n) is 15.4. The molecule has 4 rings (SSSR count). The summed E-state index contributed by atoms with van der Waals surface area (Å²) in [7, 11) is 0. The number of imidazole rings is 1. The molecule has 0 unspecified atom stereocenters. The summed E-state index contributed by atoms with van der Waals surface area (Å²) < 4.78 is 5.87. The van der Waals surface area contributed by atoms with Gasteiger partial charge in [-0.3, -0.25) is 0 Å². The highest BCUT2D eigenvalue weighted by Gasteiger charge is 2.06. The first kappa shape index (κ1) is 20.2. The Hall–Kier alpha value is -3.57. The molecule has 0 amide bonds. The zero-order valence-corrected chi connectivity index (χ0v) is 16.2. The minimum atomic E-state index is -0.957. The Balaban J connectivity index is 0.00000240. The van der Waals surface area contributed by atoms with Crippen molar-refractivity contribution < 1.29 is 14.6 Å². The van der Waals surface area contributed by atoms with E-state index in [4.69, 9.17) is 9.84 Å². The predicted molar refractivity (Wildman–Crippen MR) is 116 cm³/mol. The van der Waals surface area contributed by atoms with E-state index >= 15 is 0 Å². The summed E-state index contributed by atoms with van der Waals surface area (Å²) >= 11 is 0. The number of halogens is 1. The van der Waals surface area contributed by atoms with Gasteiger partial charge in [-0.25, -0.2) is 9.78 Å². The molecule has 0 saturated carbocycles. The van der Waals surface area contributed by atoms with E-state index in [0.29, 0.717) is 6.42 Å². The van der Waals surface area contributed by atoms with Gasteiger partial charge >= 0.3 is 5.97 Å². The molecule has 3 aromatic carbocycles. The first-order valence-electron chi connectivity index (χ1n) is 8.87. The second kappa shape index (κ2) is 9.08. The molecule has 0 radical (unpaired) electrons. The second-order valence-corrected chi connectivity index (χ2v) is 6.37. The molecule has 5 nitrogen and oxygen atoms in total. The van der Waals surface area contributed by atoms with Crippen molar-refractivity contribution in [2.75, 3.05) is 0 Å². The van der Waals surface area contributed by atoms with Crippen molar-refractivity contribution in [1.29, 1.82) is 0 Å². The van der Waals surface area contributed by atoms with Crippen LogP contribution in [0.25, 0.3) is 17.1 Å². The van der Waals surface area contributed by atoms with E-state index in [1.54, 1.807) is 6.08 Å². The Labute approximate surface area is 174 Å². The van der Waals surface area contributed by atoms with Crippen LogP contribution in [0.15, 0.2) is 78.9 Å².